The highest BCUT2D eigenvalue weighted by atomic mass is 35.5. The quantitative estimate of drug-likeness (QED) is 0.305. The van der Waals surface area contributed by atoms with E-state index in [2.05, 4.69) is 5.32 Å². The van der Waals surface area contributed by atoms with Gasteiger partial charge >= 0.3 is 6.03 Å². The summed E-state index contributed by atoms with van der Waals surface area (Å²) in [5.41, 5.74) is 2.48. The van der Waals surface area contributed by atoms with E-state index in [0.29, 0.717) is 28.7 Å². The van der Waals surface area contributed by atoms with Gasteiger partial charge in [-0.15, -0.1) is 0 Å². The van der Waals surface area contributed by atoms with Crippen LogP contribution in [0.1, 0.15) is 23.6 Å². The number of barbiturate groups is 1. The predicted octanol–water partition coefficient (Wildman–Crippen LogP) is 5.95. The van der Waals surface area contributed by atoms with Crippen molar-refractivity contribution in [1.82, 2.24) is 5.32 Å². The molecule has 3 aromatic carbocycles. The molecule has 1 heterocycles. The van der Waals surface area contributed by atoms with Crippen molar-refractivity contribution >= 4 is 52.8 Å². The third-order valence-corrected chi connectivity index (χ3v) is 5.79. The van der Waals surface area contributed by atoms with Crippen LogP contribution in [0.15, 0.2) is 66.2 Å². The highest BCUT2D eigenvalue weighted by molar-refractivity contribution is 6.39. The van der Waals surface area contributed by atoms with Gasteiger partial charge in [-0.25, -0.2) is 9.69 Å². The lowest BCUT2D eigenvalue weighted by atomic mass is 10.1. The first kappa shape index (κ1) is 25.3. The summed E-state index contributed by atoms with van der Waals surface area (Å²) in [4.78, 5) is 39.0. The van der Waals surface area contributed by atoms with E-state index in [-0.39, 0.29) is 22.9 Å². The molecule has 0 aromatic heterocycles. The molecule has 1 aliphatic heterocycles. The maximum absolute atomic E-state index is 13.2. The molecule has 9 heteroatoms. The van der Waals surface area contributed by atoms with E-state index in [4.69, 9.17) is 32.7 Å². The second-order valence-corrected chi connectivity index (χ2v) is 8.82. The fourth-order valence-electron chi connectivity index (χ4n) is 3.71. The van der Waals surface area contributed by atoms with Gasteiger partial charge in [-0.05, 0) is 61.4 Å². The Morgan fingerprint density at radius 3 is 2.47 bits per heavy atom. The average Bonchev–Trinajstić information content (AvgIpc) is 2.81. The number of rotatable bonds is 7. The molecule has 0 saturated carbocycles. The lowest BCUT2D eigenvalue weighted by Crippen LogP contribution is -2.54. The van der Waals surface area contributed by atoms with Gasteiger partial charge in [-0.3, -0.25) is 14.9 Å². The highest BCUT2D eigenvalue weighted by Crippen LogP contribution is 2.38. The number of carbonyl (C=O) groups is 3. The summed E-state index contributed by atoms with van der Waals surface area (Å²) < 4.78 is 11.7. The van der Waals surface area contributed by atoms with E-state index in [0.717, 1.165) is 16.0 Å². The average molecular weight is 525 g/mol. The molecule has 4 rings (SSSR count). The number of nitrogens with one attached hydrogen (secondary N) is 1. The first-order valence-electron chi connectivity index (χ1n) is 11.1. The van der Waals surface area contributed by atoms with Crippen LogP contribution in [0.5, 0.6) is 11.5 Å². The Labute approximate surface area is 218 Å². The molecule has 4 amide bonds. The number of anilines is 1. The number of ether oxygens (including phenoxy) is 2. The summed E-state index contributed by atoms with van der Waals surface area (Å²) in [5.74, 6) is -0.912. The van der Waals surface area contributed by atoms with Crippen LogP contribution in [0.3, 0.4) is 0 Å². The number of halogens is 2. The van der Waals surface area contributed by atoms with Crippen molar-refractivity contribution in [3.8, 4) is 11.5 Å². The van der Waals surface area contributed by atoms with Crippen molar-refractivity contribution < 1.29 is 23.9 Å². The van der Waals surface area contributed by atoms with Crippen molar-refractivity contribution in [2.75, 3.05) is 11.5 Å². The molecule has 0 atom stereocenters. The molecular formula is C27H22Cl2N2O5. The summed E-state index contributed by atoms with van der Waals surface area (Å²) in [6.07, 6.45) is 1.35. The highest BCUT2D eigenvalue weighted by Gasteiger charge is 2.37. The van der Waals surface area contributed by atoms with Gasteiger partial charge in [-0.2, -0.15) is 0 Å². The summed E-state index contributed by atoms with van der Waals surface area (Å²) in [6.45, 7) is 4.43. The lowest BCUT2D eigenvalue weighted by molar-refractivity contribution is -0.122. The van der Waals surface area contributed by atoms with Crippen LogP contribution in [-0.2, 0) is 16.2 Å². The summed E-state index contributed by atoms with van der Waals surface area (Å²) in [5, 5.41) is 2.76. The van der Waals surface area contributed by atoms with Crippen molar-refractivity contribution in [3.05, 3.63) is 93.0 Å². The molecule has 0 aliphatic carbocycles. The van der Waals surface area contributed by atoms with Gasteiger partial charge in [0.25, 0.3) is 11.8 Å². The molecule has 0 radical (unpaired) electrons. The maximum atomic E-state index is 13.2. The number of urea groups is 1. The number of imide groups is 2. The van der Waals surface area contributed by atoms with Gasteiger partial charge in [0.05, 0.1) is 17.3 Å². The summed E-state index contributed by atoms with van der Waals surface area (Å²) >= 11 is 12.5. The molecule has 1 saturated heterocycles. The normalized spacial score (nSPS) is 14.7. The fraction of sp³-hybridized carbons (Fsp3) is 0.148. The van der Waals surface area contributed by atoms with E-state index in [9.17, 15) is 14.4 Å². The molecule has 7 nitrogen and oxygen atoms in total. The van der Waals surface area contributed by atoms with Crippen LogP contribution >= 0.6 is 23.2 Å². The van der Waals surface area contributed by atoms with Crippen LogP contribution in [0.4, 0.5) is 10.5 Å². The Kier molecular flexibility index (Phi) is 7.62. The molecule has 1 fully saturated rings. The maximum Gasteiger partial charge on any atom is 0.335 e. The fourth-order valence-corrected chi connectivity index (χ4v) is 4.16. The Morgan fingerprint density at radius 2 is 1.75 bits per heavy atom. The topological polar surface area (TPSA) is 84.9 Å². The largest absolute Gasteiger partial charge is 0.490 e. The van der Waals surface area contributed by atoms with Crippen molar-refractivity contribution in [2.45, 2.75) is 20.5 Å². The predicted molar refractivity (Wildman–Crippen MR) is 139 cm³/mol. The number of carbonyl (C=O) groups excluding carboxylic acids is 3. The van der Waals surface area contributed by atoms with Crippen LogP contribution in [0.2, 0.25) is 10.0 Å². The number of aryl methyl sites for hydroxylation is 1. The SMILES string of the molecule is CCOc1cc(/C=C2\C(=O)NC(=O)N(c3cccc(Cl)c3)C2=O)cc(Cl)c1OCc1cccc(C)c1. The van der Waals surface area contributed by atoms with Crippen molar-refractivity contribution in [1.29, 1.82) is 0 Å². The molecule has 1 aliphatic rings. The van der Waals surface area contributed by atoms with Crippen molar-refractivity contribution in [3.63, 3.8) is 0 Å². The zero-order chi connectivity index (χ0) is 25.8. The van der Waals surface area contributed by atoms with Crippen LogP contribution in [0, 0.1) is 6.92 Å². The Morgan fingerprint density at radius 1 is 0.972 bits per heavy atom. The second kappa shape index (κ2) is 10.8. The molecular weight excluding hydrogens is 503 g/mol. The number of hydrogen-bond acceptors (Lipinski definition) is 5. The molecule has 3 aromatic rings. The number of benzene rings is 3. The lowest BCUT2D eigenvalue weighted by Gasteiger charge is -2.26. The minimum atomic E-state index is -0.864. The first-order valence-corrected chi connectivity index (χ1v) is 11.8. The number of hydrogen-bond donors (Lipinski definition) is 1. The standard InChI is InChI=1S/C27H22Cl2N2O5/c1-3-35-23-13-18(12-22(29)24(23)36-15-17-7-4-6-16(2)10-17)11-21-25(32)30-27(34)31(26(21)33)20-9-5-8-19(28)14-20/h4-14H,3,15H2,1-2H3,(H,30,32,34)/b21-11+. The molecule has 0 bridgehead atoms. The van der Waals surface area contributed by atoms with E-state index in [1.54, 1.807) is 30.3 Å². The molecule has 36 heavy (non-hydrogen) atoms. The smallest absolute Gasteiger partial charge is 0.335 e. The van der Waals surface area contributed by atoms with Gasteiger partial charge in [0.15, 0.2) is 11.5 Å². The summed E-state index contributed by atoms with van der Waals surface area (Å²) in [7, 11) is 0. The van der Waals surface area contributed by atoms with Crippen LogP contribution in [0.25, 0.3) is 6.08 Å². The minimum Gasteiger partial charge on any atom is -0.490 e. The third-order valence-electron chi connectivity index (χ3n) is 5.28. The summed E-state index contributed by atoms with van der Waals surface area (Å²) in [6, 6.07) is 16.4. The van der Waals surface area contributed by atoms with Gasteiger partial charge in [-0.1, -0.05) is 59.1 Å². The van der Waals surface area contributed by atoms with Gasteiger partial charge in [0.1, 0.15) is 12.2 Å². The molecule has 1 N–H and O–H groups in total. The van der Waals surface area contributed by atoms with E-state index in [1.807, 2.05) is 38.1 Å². The monoisotopic (exact) mass is 524 g/mol. The Balaban J connectivity index is 1.66. The van der Waals surface area contributed by atoms with Gasteiger partial charge < -0.3 is 9.47 Å². The second-order valence-electron chi connectivity index (χ2n) is 7.98. The van der Waals surface area contributed by atoms with E-state index < -0.39 is 17.8 Å². The molecule has 184 valence electrons. The molecule has 0 spiro atoms. The van der Waals surface area contributed by atoms with Crippen molar-refractivity contribution in [2.24, 2.45) is 0 Å². The first-order chi connectivity index (χ1) is 17.3. The van der Waals surface area contributed by atoms with E-state index >= 15 is 0 Å². The van der Waals surface area contributed by atoms with Gasteiger partial charge in [0, 0.05) is 5.02 Å². The molecule has 0 unspecified atom stereocenters. The van der Waals surface area contributed by atoms with Crippen LogP contribution in [-0.4, -0.2) is 24.5 Å². The van der Waals surface area contributed by atoms with Crippen LogP contribution < -0.4 is 19.7 Å². The Hall–Kier alpha value is -3.81. The Bertz CT molecular complexity index is 1390. The zero-order valence-corrected chi connectivity index (χ0v) is 21.0. The number of amides is 4. The third kappa shape index (κ3) is 5.53. The number of nitrogens with zero attached hydrogens (tertiary/aromatic N) is 1. The zero-order valence-electron chi connectivity index (χ0n) is 19.5. The van der Waals surface area contributed by atoms with E-state index in [1.165, 1.54) is 12.1 Å². The van der Waals surface area contributed by atoms with Gasteiger partial charge in [0.2, 0.25) is 0 Å². The minimum absolute atomic E-state index is 0.233.